The first-order chi connectivity index (χ1) is 9.94. The van der Waals surface area contributed by atoms with Crippen molar-refractivity contribution >= 4 is 11.5 Å². The maximum atomic E-state index is 12.1. The third-order valence-corrected chi connectivity index (χ3v) is 3.76. The molecule has 0 saturated heterocycles. The number of aliphatic hydroxyl groups is 1. The number of nitrogens with one attached hydrogen (secondary N) is 1. The fraction of sp³-hybridized carbons (Fsp3) is 0.471. The number of carbonyl (C=O) groups excluding carboxylic acids is 1. The van der Waals surface area contributed by atoms with Crippen molar-refractivity contribution in [2.45, 2.75) is 39.2 Å². The molecule has 1 aromatic rings. The van der Waals surface area contributed by atoms with E-state index in [-0.39, 0.29) is 18.1 Å². The average Bonchev–Trinajstić information content (AvgIpc) is 2.47. The molecule has 0 aliphatic rings. The zero-order valence-electron chi connectivity index (χ0n) is 13.3. The second kappa shape index (κ2) is 7.84. The smallest absolute Gasteiger partial charge is 0.244 e. The van der Waals surface area contributed by atoms with Crippen LogP contribution in [-0.2, 0) is 4.79 Å². The van der Waals surface area contributed by atoms with E-state index in [9.17, 15) is 4.79 Å². The summed E-state index contributed by atoms with van der Waals surface area (Å²) < 4.78 is 5.11. The number of methoxy groups -OCH3 is 1. The number of allylic oxidation sites excluding steroid dienone is 1. The summed E-state index contributed by atoms with van der Waals surface area (Å²) in [5, 5.41) is 12.0. The summed E-state index contributed by atoms with van der Waals surface area (Å²) in [6.07, 6.45) is 2.91. The standard InChI is InChI=1S/C17H25NO3/c1-5-17(3,10-11-19)18-16(20)12-13(2)14-6-8-15(21-4)9-7-14/h6-9,12,19H,5,10-11H2,1-4H3,(H,18,20)/b13-12-. The van der Waals surface area contributed by atoms with Crippen molar-refractivity contribution in [3.05, 3.63) is 35.9 Å². The van der Waals surface area contributed by atoms with Gasteiger partial charge in [0.15, 0.2) is 0 Å². The van der Waals surface area contributed by atoms with E-state index in [1.54, 1.807) is 13.2 Å². The van der Waals surface area contributed by atoms with Gasteiger partial charge in [0.25, 0.3) is 0 Å². The molecular weight excluding hydrogens is 266 g/mol. The maximum Gasteiger partial charge on any atom is 0.244 e. The molecule has 1 unspecified atom stereocenters. The van der Waals surface area contributed by atoms with Crippen molar-refractivity contribution in [2.75, 3.05) is 13.7 Å². The Labute approximate surface area is 126 Å². The molecule has 1 atom stereocenters. The molecule has 1 rings (SSSR count). The van der Waals surface area contributed by atoms with Crippen LogP contribution in [0.3, 0.4) is 0 Å². The third-order valence-electron chi connectivity index (χ3n) is 3.76. The van der Waals surface area contributed by atoms with E-state index >= 15 is 0 Å². The number of hydrogen-bond donors (Lipinski definition) is 2. The van der Waals surface area contributed by atoms with Gasteiger partial charge in [-0.1, -0.05) is 19.1 Å². The van der Waals surface area contributed by atoms with E-state index in [0.29, 0.717) is 6.42 Å². The van der Waals surface area contributed by atoms with E-state index in [1.807, 2.05) is 45.0 Å². The molecule has 116 valence electrons. The van der Waals surface area contributed by atoms with Crippen LogP contribution in [-0.4, -0.2) is 30.3 Å². The summed E-state index contributed by atoms with van der Waals surface area (Å²) >= 11 is 0. The first-order valence-electron chi connectivity index (χ1n) is 7.20. The fourth-order valence-corrected chi connectivity index (χ4v) is 2.04. The quantitative estimate of drug-likeness (QED) is 0.759. The highest BCUT2D eigenvalue weighted by Gasteiger charge is 2.22. The minimum absolute atomic E-state index is 0.0613. The van der Waals surface area contributed by atoms with Gasteiger partial charge < -0.3 is 15.2 Å². The second-order valence-electron chi connectivity index (χ2n) is 5.43. The molecule has 0 aliphatic heterocycles. The van der Waals surface area contributed by atoms with Crippen LogP contribution in [0.5, 0.6) is 5.75 Å². The summed E-state index contributed by atoms with van der Waals surface area (Å²) in [5.41, 5.74) is 1.49. The highest BCUT2D eigenvalue weighted by molar-refractivity contribution is 5.95. The molecule has 0 radical (unpaired) electrons. The molecule has 0 aromatic heterocycles. The van der Waals surface area contributed by atoms with Gasteiger partial charge in [-0.25, -0.2) is 0 Å². The van der Waals surface area contributed by atoms with E-state index in [2.05, 4.69) is 5.32 Å². The Morgan fingerprint density at radius 2 is 2.00 bits per heavy atom. The van der Waals surface area contributed by atoms with Crippen LogP contribution in [0, 0.1) is 0 Å². The fourth-order valence-electron chi connectivity index (χ4n) is 2.04. The number of amides is 1. The molecule has 0 heterocycles. The zero-order chi connectivity index (χ0) is 15.9. The van der Waals surface area contributed by atoms with E-state index in [4.69, 9.17) is 9.84 Å². The van der Waals surface area contributed by atoms with Gasteiger partial charge in [0.1, 0.15) is 5.75 Å². The Morgan fingerprint density at radius 1 is 1.38 bits per heavy atom. The molecule has 4 nitrogen and oxygen atoms in total. The van der Waals surface area contributed by atoms with Gasteiger partial charge in [-0.15, -0.1) is 0 Å². The Hall–Kier alpha value is -1.81. The van der Waals surface area contributed by atoms with Crippen LogP contribution in [0.4, 0.5) is 0 Å². The topological polar surface area (TPSA) is 58.6 Å². The molecule has 0 spiro atoms. The Bertz CT molecular complexity index is 493. The predicted octanol–water partition coefficient (Wildman–Crippen LogP) is 2.77. The molecule has 0 saturated carbocycles. The monoisotopic (exact) mass is 291 g/mol. The summed E-state index contributed by atoms with van der Waals surface area (Å²) in [7, 11) is 1.62. The lowest BCUT2D eigenvalue weighted by atomic mass is 9.94. The van der Waals surface area contributed by atoms with Crippen LogP contribution < -0.4 is 10.1 Å². The van der Waals surface area contributed by atoms with Crippen molar-refractivity contribution in [1.82, 2.24) is 5.32 Å². The minimum atomic E-state index is -0.372. The number of benzene rings is 1. The van der Waals surface area contributed by atoms with Gasteiger partial charge >= 0.3 is 0 Å². The Kier molecular flexibility index (Phi) is 6.43. The van der Waals surface area contributed by atoms with Gasteiger partial charge in [0, 0.05) is 18.2 Å². The average molecular weight is 291 g/mol. The molecule has 0 aliphatic carbocycles. The van der Waals surface area contributed by atoms with Crippen molar-refractivity contribution in [3.8, 4) is 5.75 Å². The van der Waals surface area contributed by atoms with Crippen LogP contribution in [0.15, 0.2) is 30.3 Å². The predicted molar refractivity (Wildman–Crippen MR) is 85.2 cm³/mol. The molecule has 21 heavy (non-hydrogen) atoms. The van der Waals surface area contributed by atoms with Crippen molar-refractivity contribution in [3.63, 3.8) is 0 Å². The van der Waals surface area contributed by atoms with Crippen LogP contribution in [0.25, 0.3) is 5.57 Å². The molecule has 2 N–H and O–H groups in total. The van der Waals surface area contributed by atoms with Crippen molar-refractivity contribution in [2.24, 2.45) is 0 Å². The summed E-state index contributed by atoms with van der Waals surface area (Å²) in [6.45, 7) is 5.90. The summed E-state index contributed by atoms with van der Waals surface area (Å²) in [6, 6.07) is 7.58. The lowest BCUT2D eigenvalue weighted by Crippen LogP contribution is -2.45. The van der Waals surface area contributed by atoms with E-state index in [0.717, 1.165) is 23.3 Å². The first-order valence-corrected chi connectivity index (χ1v) is 7.20. The van der Waals surface area contributed by atoms with Crippen molar-refractivity contribution < 1.29 is 14.6 Å². The zero-order valence-corrected chi connectivity index (χ0v) is 13.3. The highest BCUT2D eigenvalue weighted by Crippen LogP contribution is 2.19. The lowest BCUT2D eigenvalue weighted by molar-refractivity contribution is -0.118. The van der Waals surface area contributed by atoms with E-state index in [1.165, 1.54) is 0 Å². The number of carbonyl (C=O) groups is 1. The summed E-state index contributed by atoms with van der Waals surface area (Å²) in [5.74, 6) is 0.652. The van der Waals surface area contributed by atoms with Gasteiger partial charge in [-0.05, 0) is 50.0 Å². The minimum Gasteiger partial charge on any atom is -0.497 e. The van der Waals surface area contributed by atoms with Crippen LogP contribution in [0.2, 0.25) is 0 Å². The number of rotatable bonds is 7. The van der Waals surface area contributed by atoms with Gasteiger partial charge in [-0.2, -0.15) is 0 Å². The number of aliphatic hydroxyl groups excluding tert-OH is 1. The van der Waals surface area contributed by atoms with Gasteiger partial charge in [-0.3, -0.25) is 4.79 Å². The first kappa shape index (κ1) is 17.2. The van der Waals surface area contributed by atoms with Gasteiger partial charge in [0.05, 0.1) is 7.11 Å². The molecular formula is C17H25NO3. The van der Waals surface area contributed by atoms with Crippen LogP contribution in [0.1, 0.15) is 39.2 Å². The number of ether oxygens (including phenoxy) is 1. The SMILES string of the molecule is CCC(C)(CCO)NC(=O)/C=C(/C)c1ccc(OC)cc1. The normalized spacial score (nSPS) is 14.4. The van der Waals surface area contributed by atoms with Crippen molar-refractivity contribution in [1.29, 1.82) is 0 Å². The Morgan fingerprint density at radius 3 is 2.48 bits per heavy atom. The molecule has 0 fully saturated rings. The van der Waals surface area contributed by atoms with E-state index < -0.39 is 0 Å². The summed E-state index contributed by atoms with van der Waals surface area (Å²) in [4.78, 5) is 12.1. The molecule has 0 bridgehead atoms. The maximum absolute atomic E-state index is 12.1. The number of hydrogen-bond acceptors (Lipinski definition) is 3. The largest absolute Gasteiger partial charge is 0.497 e. The van der Waals surface area contributed by atoms with Gasteiger partial charge in [0.2, 0.25) is 5.91 Å². The second-order valence-corrected chi connectivity index (χ2v) is 5.43. The molecule has 1 amide bonds. The lowest BCUT2D eigenvalue weighted by Gasteiger charge is -2.28. The Balaban J connectivity index is 2.78. The van der Waals surface area contributed by atoms with Crippen LogP contribution >= 0.6 is 0 Å². The molecule has 1 aromatic carbocycles. The molecule has 4 heteroatoms. The third kappa shape index (κ3) is 5.23. The highest BCUT2D eigenvalue weighted by atomic mass is 16.5.